The molecule has 128 valence electrons. The van der Waals surface area contributed by atoms with Gasteiger partial charge >= 0.3 is 5.97 Å². The lowest BCUT2D eigenvalue weighted by Gasteiger charge is -2.32. The average molecular weight is 331 g/mol. The van der Waals surface area contributed by atoms with Crippen molar-refractivity contribution < 1.29 is 23.8 Å². The summed E-state index contributed by atoms with van der Waals surface area (Å²) in [6, 6.07) is 7.46. The highest BCUT2D eigenvalue weighted by Gasteiger charge is 2.53. The van der Waals surface area contributed by atoms with E-state index in [1.54, 1.807) is 18.9 Å². The zero-order valence-corrected chi connectivity index (χ0v) is 14.1. The summed E-state index contributed by atoms with van der Waals surface area (Å²) in [6.45, 7) is 2.16. The second-order valence-electron chi connectivity index (χ2n) is 6.12. The minimum atomic E-state index is -0.583. The van der Waals surface area contributed by atoms with E-state index < -0.39 is 11.8 Å². The number of hydrogen-bond acceptors (Lipinski definition) is 5. The number of carbonyl (C=O) groups is 2. The van der Waals surface area contributed by atoms with Crippen molar-refractivity contribution in [1.29, 1.82) is 0 Å². The molecule has 1 amide bonds. The summed E-state index contributed by atoms with van der Waals surface area (Å²) >= 11 is 0. The van der Waals surface area contributed by atoms with Gasteiger partial charge < -0.3 is 14.2 Å². The van der Waals surface area contributed by atoms with Crippen LogP contribution in [0.15, 0.2) is 35.9 Å². The number of rotatable bonds is 5. The van der Waals surface area contributed by atoms with Gasteiger partial charge in [0, 0.05) is 17.6 Å². The molecular weight excluding hydrogens is 310 g/mol. The Bertz CT molecular complexity index is 681. The van der Waals surface area contributed by atoms with Crippen LogP contribution in [0, 0.1) is 0 Å². The normalized spacial score (nSPS) is 25.5. The number of esters is 1. The molecule has 2 heterocycles. The fraction of sp³-hybridized carbons (Fsp3) is 0.444. The average Bonchev–Trinajstić information content (AvgIpc) is 3.08. The Morgan fingerprint density at radius 1 is 1.33 bits per heavy atom. The Morgan fingerprint density at radius 2 is 2.04 bits per heavy atom. The first-order valence-corrected chi connectivity index (χ1v) is 7.86. The van der Waals surface area contributed by atoms with Crippen LogP contribution in [0.25, 0.3) is 0 Å². The Labute approximate surface area is 141 Å². The minimum absolute atomic E-state index is 0.0572. The molecular formula is C18H21NO5. The van der Waals surface area contributed by atoms with Crippen molar-refractivity contribution in [3.63, 3.8) is 0 Å². The Balaban J connectivity index is 1.87. The van der Waals surface area contributed by atoms with Crippen LogP contribution in [0.1, 0.15) is 31.6 Å². The van der Waals surface area contributed by atoms with E-state index in [-0.39, 0.29) is 18.3 Å². The molecule has 0 N–H and O–H groups in total. The monoisotopic (exact) mass is 331 g/mol. The molecule has 0 unspecified atom stereocenters. The topological polar surface area (TPSA) is 65.1 Å². The molecule has 3 rings (SSSR count). The van der Waals surface area contributed by atoms with E-state index >= 15 is 0 Å². The van der Waals surface area contributed by atoms with Gasteiger partial charge in [-0.2, -0.15) is 0 Å². The SMILES string of the molecule is COC(=O)CC[C@@]12C=C(C)C(=O)N1[C@@H](c1ccc(OC)cc1)OC2. The lowest BCUT2D eigenvalue weighted by Crippen LogP contribution is -2.44. The van der Waals surface area contributed by atoms with Crippen molar-refractivity contribution in [2.45, 2.75) is 31.5 Å². The molecule has 2 aliphatic heterocycles. The summed E-state index contributed by atoms with van der Waals surface area (Å²) in [5.41, 5.74) is 0.980. The number of benzene rings is 1. The van der Waals surface area contributed by atoms with Gasteiger partial charge in [0.1, 0.15) is 5.75 Å². The van der Waals surface area contributed by atoms with Gasteiger partial charge in [0.05, 0.1) is 26.4 Å². The highest BCUT2D eigenvalue weighted by molar-refractivity contribution is 5.97. The van der Waals surface area contributed by atoms with Crippen molar-refractivity contribution in [1.82, 2.24) is 4.90 Å². The molecule has 2 aliphatic rings. The highest BCUT2D eigenvalue weighted by atomic mass is 16.5. The minimum Gasteiger partial charge on any atom is -0.497 e. The molecule has 1 aromatic rings. The molecule has 24 heavy (non-hydrogen) atoms. The largest absolute Gasteiger partial charge is 0.497 e. The first kappa shape index (κ1) is 16.5. The van der Waals surface area contributed by atoms with Gasteiger partial charge in [0.2, 0.25) is 0 Å². The van der Waals surface area contributed by atoms with Gasteiger partial charge in [-0.3, -0.25) is 14.5 Å². The van der Waals surface area contributed by atoms with E-state index in [9.17, 15) is 9.59 Å². The van der Waals surface area contributed by atoms with Crippen molar-refractivity contribution in [3.05, 3.63) is 41.5 Å². The fourth-order valence-corrected chi connectivity index (χ4v) is 3.37. The Morgan fingerprint density at radius 3 is 2.67 bits per heavy atom. The Hall–Kier alpha value is -2.34. The quantitative estimate of drug-likeness (QED) is 0.774. The van der Waals surface area contributed by atoms with Gasteiger partial charge in [0.25, 0.3) is 5.91 Å². The third kappa shape index (κ3) is 2.67. The second-order valence-corrected chi connectivity index (χ2v) is 6.12. The summed E-state index contributed by atoms with van der Waals surface area (Å²) in [5, 5.41) is 0. The molecule has 0 bridgehead atoms. The summed E-state index contributed by atoms with van der Waals surface area (Å²) in [5.74, 6) is 0.400. The molecule has 1 aromatic carbocycles. The molecule has 2 atom stereocenters. The molecule has 6 nitrogen and oxygen atoms in total. The number of amides is 1. The molecule has 1 fully saturated rings. The van der Waals surface area contributed by atoms with Crippen LogP contribution in [0.4, 0.5) is 0 Å². The maximum Gasteiger partial charge on any atom is 0.305 e. The molecule has 0 spiro atoms. The maximum absolute atomic E-state index is 12.6. The van der Waals surface area contributed by atoms with Crippen LogP contribution >= 0.6 is 0 Å². The van der Waals surface area contributed by atoms with Gasteiger partial charge in [-0.25, -0.2) is 0 Å². The predicted molar refractivity (Wildman–Crippen MR) is 86.3 cm³/mol. The lowest BCUT2D eigenvalue weighted by atomic mass is 9.94. The van der Waals surface area contributed by atoms with Crippen LogP contribution in [-0.2, 0) is 19.1 Å². The molecule has 0 radical (unpaired) electrons. The first-order chi connectivity index (χ1) is 11.5. The summed E-state index contributed by atoms with van der Waals surface area (Å²) < 4.78 is 15.8. The van der Waals surface area contributed by atoms with Gasteiger partial charge in [0.15, 0.2) is 6.23 Å². The lowest BCUT2D eigenvalue weighted by molar-refractivity contribution is -0.142. The molecule has 1 saturated heterocycles. The first-order valence-electron chi connectivity index (χ1n) is 7.86. The smallest absolute Gasteiger partial charge is 0.305 e. The van der Waals surface area contributed by atoms with Crippen molar-refractivity contribution in [2.75, 3.05) is 20.8 Å². The van der Waals surface area contributed by atoms with E-state index in [1.165, 1.54) is 7.11 Å². The summed E-state index contributed by atoms with van der Waals surface area (Å²) in [4.78, 5) is 25.9. The number of hydrogen-bond donors (Lipinski definition) is 0. The summed E-state index contributed by atoms with van der Waals surface area (Å²) in [6.07, 6.45) is 2.18. The van der Waals surface area contributed by atoms with Crippen LogP contribution < -0.4 is 4.74 Å². The predicted octanol–water partition coefficient (Wildman–Crippen LogP) is 2.20. The summed E-state index contributed by atoms with van der Waals surface area (Å²) in [7, 11) is 2.97. The molecule has 0 aromatic heterocycles. The van der Waals surface area contributed by atoms with Crippen molar-refractivity contribution >= 4 is 11.9 Å². The second kappa shape index (κ2) is 6.28. The zero-order valence-electron chi connectivity index (χ0n) is 14.1. The number of ether oxygens (including phenoxy) is 3. The molecule has 0 saturated carbocycles. The molecule has 0 aliphatic carbocycles. The van der Waals surface area contributed by atoms with Crippen LogP contribution in [-0.4, -0.2) is 43.1 Å². The van der Waals surface area contributed by atoms with E-state index in [1.807, 2.05) is 30.3 Å². The Kier molecular flexibility index (Phi) is 4.32. The van der Waals surface area contributed by atoms with Crippen LogP contribution in [0.3, 0.4) is 0 Å². The van der Waals surface area contributed by atoms with Crippen molar-refractivity contribution in [3.8, 4) is 5.75 Å². The fourth-order valence-electron chi connectivity index (χ4n) is 3.37. The van der Waals surface area contributed by atoms with Crippen LogP contribution in [0.2, 0.25) is 0 Å². The number of methoxy groups -OCH3 is 2. The van der Waals surface area contributed by atoms with E-state index in [2.05, 4.69) is 0 Å². The van der Waals surface area contributed by atoms with Crippen LogP contribution in [0.5, 0.6) is 5.75 Å². The molecule has 6 heteroatoms. The zero-order chi connectivity index (χ0) is 17.3. The third-order valence-electron chi connectivity index (χ3n) is 4.64. The maximum atomic E-state index is 12.6. The van der Waals surface area contributed by atoms with Crippen molar-refractivity contribution in [2.24, 2.45) is 0 Å². The van der Waals surface area contributed by atoms with E-state index in [0.717, 1.165) is 11.3 Å². The van der Waals surface area contributed by atoms with Gasteiger partial charge in [-0.15, -0.1) is 0 Å². The van der Waals surface area contributed by atoms with Gasteiger partial charge in [-0.05, 0) is 31.6 Å². The third-order valence-corrected chi connectivity index (χ3v) is 4.64. The number of fused-ring (bicyclic) bond motifs is 1. The highest BCUT2D eigenvalue weighted by Crippen LogP contribution is 2.45. The van der Waals surface area contributed by atoms with E-state index in [0.29, 0.717) is 18.6 Å². The number of carbonyl (C=O) groups excluding carboxylic acids is 2. The van der Waals surface area contributed by atoms with Gasteiger partial charge in [-0.1, -0.05) is 12.1 Å². The standard InChI is InChI=1S/C18H21NO5/c1-12-10-18(9-8-15(20)23-3)11-24-17(19(18)16(12)21)13-4-6-14(22-2)7-5-13/h4-7,10,17H,8-9,11H2,1-3H3/t17-,18+/m1/s1. The van der Waals surface area contributed by atoms with E-state index in [4.69, 9.17) is 14.2 Å². The number of nitrogens with zero attached hydrogens (tertiary/aromatic N) is 1.